The second-order valence-electron chi connectivity index (χ2n) is 7.57. The van der Waals surface area contributed by atoms with Gasteiger partial charge in [-0.3, -0.25) is 9.78 Å². The molecule has 0 radical (unpaired) electrons. The molecule has 3 heterocycles. The highest BCUT2D eigenvalue weighted by molar-refractivity contribution is 7.18. The first-order chi connectivity index (χ1) is 17.2. The van der Waals surface area contributed by atoms with Crippen molar-refractivity contribution >= 4 is 39.1 Å². The highest BCUT2D eigenvalue weighted by Gasteiger charge is 2.20. The van der Waals surface area contributed by atoms with Crippen molar-refractivity contribution in [1.82, 2.24) is 25.3 Å². The predicted molar refractivity (Wildman–Crippen MR) is 138 cm³/mol. The van der Waals surface area contributed by atoms with Crippen molar-refractivity contribution < 1.29 is 9.53 Å². The van der Waals surface area contributed by atoms with Gasteiger partial charge >= 0.3 is 0 Å². The van der Waals surface area contributed by atoms with Crippen molar-refractivity contribution in [3.63, 3.8) is 0 Å². The number of hydrogen-bond donors (Lipinski definition) is 2. The maximum Gasteiger partial charge on any atom is 0.263 e. The second-order valence-corrected chi connectivity index (χ2v) is 8.57. The average Bonchev–Trinajstić information content (AvgIpc) is 3.33. The van der Waals surface area contributed by atoms with Gasteiger partial charge in [-0.25, -0.2) is 15.0 Å². The Balaban J connectivity index is 1.63. The number of carbonyl (C=O) groups excluding carboxylic acids is 1. The highest BCUT2D eigenvalue weighted by Crippen LogP contribution is 2.35. The minimum Gasteiger partial charge on any atom is -0.497 e. The number of anilines is 2. The smallest absolute Gasteiger partial charge is 0.263 e. The van der Waals surface area contributed by atoms with Crippen LogP contribution in [-0.2, 0) is 0 Å². The SMILES string of the molecule is CCNC(=O)c1sc(Nc2nc(-c3cccnc3)nc3ccc(OC)cc23)nc1-c1ccccc1. The van der Waals surface area contributed by atoms with Gasteiger partial charge in [-0.1, -0.05) is 41.7 Å². The van der Waals surface area contributed by atoms with Crippen molar-refractivity contribution in [1.29, 1.82) is 0 Å². The van der Waals surface area contributed by atoms with Crippen LogP contribution < -0.4 is 15.4 Å². The van der Waals surface area contributed by atoms with Crippen LogP contribution in [0.25, 0.3) is 33.5 Å². The van der Waals surface area contributed by atoms with E-state index in [-0.39, 0.29) is 5.91 Å². The summed E-state index contributed by atoms with van der Waals surface area (Å²) in [7, 11) is 1.62. The number of nitrogens with zero attached hydrogens (tertiary/aromatic N) is 4. The van der Waals surface area contributed by atoms with E-state index in [1.54, 1.807) is 19.5 Å². The number of ether oxygens (including phenoxy) is 1. The maximum atomic E-state index is 12.8. The van der Waals surface area contributed by atoms with Gasteiger partial charge in [0, 0.05) is 35.5 Å². The molecular formula is C26H22N6O2S. The molecule has 0 aliphatic rings. The molecule has 35 heavy (non-hydrogen) atoms. The van der Waals surface area contributed by atoms with E-state index in [0.29, 0.717) is 39.6 Å². The van der Waals surface area contributed by atoms with Crippen molar-refractivity contribution in [2.45, 2.75) is 6.92 Å². The van der Waals surface area contributed by atoms with E-state index in [9.17, 15) is 4.79 Å². The van der Waals surface area contributed by atoms with Crippen LogP contribution in [-0.4, -0.2) is 39.5 Å². The third kappa shape index (κ3) is 4.67. The lowest BCUT2D eigenvalue weighted by molar-refractivity contribution is 0.0960. The first kappa shape index (κ1) is 22.4. The summed E-state index contributed by atoms with van der Waals surface area (Å²) in [5.74, 6) is 1.61. The van der Waals surface area contributed by atoms with Gasteiger partial charge in [0.15, 0.2) is 11.0 Å². The third-order valence-electron chi connectivity index (χ3n) is 5.27. The van der Waals surface area contributed by atoms with Gasteiger partial charge in [0.2, 0.25) is 0 Å². The molecule has 0 aliphatic carbocycles. The molecule has 2 aromatic carbocycles. The van der Waals surface area contributed by atoms with Gasteiger partial charge in [0.1, 0.15) is 16.4 Å². The number of rotatable bonds is 7. The van der Waals surface area contributed by atoms with Crippen LogP contribution in [0.2, 0.25) is 0 Å². The molecule has 0 aliphatic heterocycles. The summed E-state index contributed by atoms with van der Waals surface area (Å²) in [5.41, 5.74) is 3.02. The molecular weight excluding hydrogens is 460 g/mol. The summed E-state index contributed by atoms with van der Waals surface area (Å²) in [6, 6.07) is 19.0. The average molecular weight is 483 g/mol. The standard InChI is InChI=1S/C26H22N6O2S/c1-3-28-25(33)22-21(16-8-5-4-6-9-16)30-26(35-22)32-24-19-14-18(34-2)11-12-20(19)29-23(31-24)17-10-7-13-27-15-17/h4-15H,3H2,1-2H3,(H,28,33)(H,29,30,31,32). The summed E-state index contributed by atoms with van der Waals surface area (Å²) in [6.45, 7) is 2.42. The Labute approximate surface area is 206 Å². The lowest BCUT2D eigenvalue weighted by Crippen LogP contribution is -2.22. The lowest BCUT2D eigenvalue weighted by Gasteiger charge is -2.10. The molecule has 8 nitrogen and oxygen atoms in total. The molecule has 9 heteroatoms. The van der Waals surface area contributed by atoms with E-state index in [0.717, 1.165) is 22.0 Å². The van der Waals surface area contributed by atoms with Gasteiger partial charge < -0.3 is 15.4 Å². The van der Waals surface area contributed by atoms with Gasteiger partial charge in [0.05, 0.1) is 18.3 Å². The van der Waals surface area contributed by atoms with E-state index in [4.69, 9.17) is 19.7 Å². The minimum absolute atomic E-state index is 0.165. The van der Waals surface area contributed by atoms with Gasteiger partial charge in [-0.2, -0.15) is 0 Å². The fraction of sp³-hybridized carbons (Fsp3) is 0.115. The normalized spacial score (nSPS) is 10.8. The largest absolute Gasteiger partial charge is 0.497 e. The Morgan fingerprint density at radius 1 is 1.00 bits per heavy atom. The zero-order valence-corrected chi connectivity index (χ0v) is 20.0. The number of nitrogens with one attached hydrogen (secondary N) is 2. The summed E-state index contributed by atoms with van der Waals surface area (Å²) < 4.78 is 5.42. The monoisotopic (exact) mass is 482 g/mol. The first-order valence-electron chi connectivity index (χ1n) is 11.0. The lowest BCUT2D eigenvalue weighted by atomic mass is 10.1. The van der Waals surface area contributed by atoms with E-state index in [1.807, 2.05) is 67.6 Å². The number of pyridine rings is 1. The summed E-state index contributed by atoms with van der Waals surface area (Å²) in [6.07, 6.45) is 3.43. The molecule has 0 fully saturated rings. The van der Waals surface area contributed by atoms with Crippen LogP contribution in [0.1, 0.15) is 16.6 Å². The summed E-state index contributed by atoms with van der Waals surface area (Å²) in [5, 5.41) is 7.53. The number of benzene rings is 2. The van der Waals surface area contributed by atoms with Crippen molar-refractivity contribution in [3.8, 4) is 28.4 Å². The Bertz CT molecular complexity index is 1490. The van der Waals surface area contributed by atoms with E-state index < -0.39 is 0 Å². The zero-order valence-electron chi connectivity index (χ0n) is 19.1. The van der Waals surface area contributed by atoms with Crippen LogP contribution >= 0.6 is 11.3 Å². The molecule has 0 spiro atoms. The first-order valence-corrected chi connectivity index (χ1v) is 11.9. The summed E-state index contributed by atoms with van der Waals surface area (Å²) >= 11 is 1.28. The van der Waals surface area contributed by atoms with Crippen molar-refractivity contribution in [2.24, 2.45) is 0 Å². The number of fused-ring (bicyclic) bond motifs is 1. The molecule has 5 aromatic rings. The number of methoxy groups -OCH3 is 1. The molecule has 2 N–H and O–H groups in total. The summed E-state index contributed by atoms with van der Waals surface area (Å²) in [4.78, 5) is 31.8. The molecule has 5 rings (SSSR count). The number of carbonyl (C=O) groups is 1. The predicted octanol–water partition coefficient (Wildman–Crippen LogP) is 5.32. The fourth-order valence-electron chi connectivity index (χ4n) is 3.62. The molecule has 1 amide bonds. The topological polar surface area (TPSA) is 102 Å². The minimum atomic E-state index is -0.165. The zero-order chi connectivity index (χ0) is 24.2. The molecule has 0 bridgehead atoms. The molecule has 0 saturated heterocycles. The van der Waals surface area contributed by atoms with Crippen LogP contribution in [0, 0.1) is 0 Å². The van der Waals surface area contributed by atoms with Gasteiger partial charge in [-0.15, -0.1) is 0 Å². The van der Waals surface area contributed by atoms with Crippen molar-refractivity contribution in [2.75, 3.05) is 19.0 Å². The molecule has 0 unspecified atom stereocenters. The quantitative estimate of drug-likeness (QED) is 0.324. The Morgan fingerprint density at radius 2 is 1.83 bits per heavy atom. The third-order valence-corrected chi connectivity index (χ3v) is 6.24. The maximum absolute atomic E-state index is 12.8. The fourth-order valence-corrected chi connectivity index (χ4v) is 4.52. The Hall–Kier alpha value is -4.37. The van der Waals surface area contributed by atoms with E-state index in [2.05, 4.69) is 15.6 Å². The second kappa shape index (κ2) is 9.86. The van der Waals surface area contributed by atoms with Crippen LogP contribution in [0.4, 0.5) is 10.9 Å². The number of amides is 1. The van der Waals surface area contributed by atoms with Crippen LogP contribution in [0.15, 0.2) is 73.1 Å². The van der Waals surface area contributed by atoms with Crippen LogP contribution in [0.3, 0.4) is 0 Å². The number of aromatic nitrogens is 4. The Kier molecular flexibility index (Phi) is 6.32. The number of thiazole rings is 1. The molecule has 3 aromatic heterocycles. The Morgan fingerprint density at radius 3 is 2.57 bits per heavy atom. The molecule has 0 atom stereocenters. The van der Waals surface area contributed by atoms with Gasteiger partial charge in [0.25, 0.3) is 5.91 Å². The van der Waals surface area contributed by atoms with Crippen molar-refractivity contribution in [3.05, 3.63) is 77.9 Å². The van der Waals surface area contributed by atoms with Crippen LogP contribution in [0.5, 0.6) is 5.75 Å². The molecule has 0 saturated carbocycles. The number of hydrogen-bond acceptors (Lipinski definition) is 8. The van der Waals surface area contributed by atoms with E-state index in [1.165, 1.54) is 11.3 Å². The molecule has 174 valence electrons. The van der Waals surface area contributed by atoms with Gasteiger partial charge in [-0.05, 0) is 37.3 Å². The highest BCUT2D eigenvalue weighted by atomic mass is 32.1. The van der Waals surface area contributed by atoms with E-state index >= 15 is 0 Å².